The number of para-hydroxylation sites is 1. The van der Waals surface area contributed by atoms with Crippen LogP contribution < -0.4 is 21.1 Å². The van der Waals surface area contributed by atoms with Gasteiger partial charge in [-0.2, -0.15) is 0 Å². The monoisotopic (exact) mass is 299 g/mol. The number of primary amides is 1. The van der Waals surface area contributed by atoms with Crippen molar-refractivity contribution in [1.29, 1.82) is 0 Å². The van der Waals surface area contributed by atoms with E-state index in [4.69, 9.17) is 10.5 Å². The summed E-state index contributed by atoms with van der Waals surface area (Å²) in [6.45, 7) is 1.91. The number of ether oxygens (including phenoxy) is 1. The first-order valence-electron chi connectivity index (χ1n) is 6.62. The minimum atomic E-state index is -0.607. The number of aryl methyl sites for hydroxylation is 1. The Hall–Kier alpha value is -3.02. The van der Waals surface area contributed by atoms with Gasteiger partial charge in [-0.3, -0.25) is 4.79 Å². The highest BCUT2D eigenvalue weighted by Gasteiger charge is 2.12. The van der Waals surface area contributed by atoms with Crippen LogP contribution in [-0.2, 0) is 0 Å². The average Bonchev–Trinajstić information content (AvgIpc) is 2.47. The van der Waals surface area contributed by atoms with Crippen molar-refractivity contribution in [3.05, 3.63) is 53.6 Å². The number of rotatable bonds is 4. The first-order chi connectivity index (χ1) is 10.5. The second-order valence-corrected chi connectivity index (χ2v) is 4.69. The van der Waals surface area contributed by atoms with Crippen LogP contribution >= 0.6 is 0 Å². The number of methoxy groups -OCH3 is 1. The number of carbonyl (C=O) groups is 2. The van der Waals surface area contributed by atoms with Crippen LogP contribution in [0.3, 0.4) is 0 Å². The molecule has 2 rings (SSSR count). The molecule has 4 N–H and O–H groups in total. The molecule has 3 amide bonds. The van der Waals surface area contributed by atoms with Gasteiger partial charge in [-0.25, -0.2) is 4.79 Å². The van der Waals surface area contributed by atoms with Gasteiger partial charge in [-0.1, -0.05) is 18.2 Å². The molecule has 0 unspecified atom stereocenters. The first-order valence-corrected chi connectivity index (χ1v) is 6.62. The Morgan fingerprint density at radius 1 is 1.05 bits per heavy atom. The van der Waals surface area contributed by atoms with Crippen LogP contribution in [0.25, 0.3) is 0 Å². The number of hydrogen-bond acceptors (Lipinski definition) is 3. The molecule has 114 valence electrons. The van der Waals surface area contributed by atoms with Crippen molar-refractivity contribution < 1.29 is 14.3 Å². The van der Waals surface area contributed by atoms with Crippen molar-refractivity contribution >= 4 is 23.3 Å². The average molecular weight is 299 g/mol. The Morgan fingerprint density at radius 2 is 1.73 bits per heavy atom. The molecule has 0 radical (unpaired) electrons. The summed E-state index contributed by atoms with van der Waals surface area (Å²) in [5.74, 6) is -0.0621. The summed E-state index contributed by atoms with van der Waals surface area (Å²) in [4.78, 5) is 23.4. The fourth-order valence-corrected chi connectivity index (χ4v) is 2.00. The van der Waals surface area contributed by atoms with Crippen molar-refractivity contribution in [3.63, 3.8) is 0 Å². The number of nitrogens with two attached hydrogens (primary N) is 1. The van der Waals surface area contributed by atoms with E-state index in [9.17, 15) is 9.59 Å². The lowest BCUT2D eigenvalue weighted by atomic mass is 10.1. The molecule has 0 fully saturated rings. The third-order valence-electron chi connectivity index (χ3n) is 3.04. The highest BCUT2D eigenvalue weighted by atomic mass is 16.5. The van der Waals surface area contributed by atoms with Crippen molar-refractivity contribution in [3.8, 4) is 5.75 Å². The maximum absolute atomic E-state index is 12.1. The van der Waals surface area contributed by atoms with E-state index in [1.54, 1.807) is 36.4 Å². The lowest BCUT2D eigenvalue weighted by Gasteiger charge is -2.13. The fraction of sp³-hybridized carbons (Fsp3) is 0.125. The van der Waals surface area contributed by atoms with Gasteiger partial charge in [-0.05, 0) is 36.8 Å². The highest BCUT2D eigenvalue weighted by Crippen LogP contribution is 2.25. The molecule has 0 atom stereocenters. The number of nitrogens with one attached hydrogen (secondary N) is 2. The van der Waals surface area contributed by atoms with Gasteiger partial charge in [0.1, 0.15) is 5.75 Å². The second-order valence-electron chi connectivity index (χ2n) is 4.69. The zero-order valence-corrected chi connectivity index (χ0v) is 12.3. The van der Waals surface area contributed by atoms with Crippen molar-refractivity contribution in [2.75, 3.05) is 17.7 Å². The Labute approximate surface area is 128 Å². The van der Waals surface area contributed by atoms with Crippen LogP contribution in [0.5, 0.6) is 5.75 Å². The smallest absolute Gasteiger partial charge is 0.323 e. The van der Waals surface area contributed by atoms with Crippen molar-refractivity contribution in [2.45, 2.75) is 6.92 Å². The summed E-state index contributed by atoms with van der Waals surface area (Å²) in [5, 5.41) is 5.29. The summed E-state index contributed by atoms with van der Waals surface area (Å²) in [5.41, 5.74) is 7.39. The maximum atomic E-state index is 12.1. The van der Waals surface area contributed by atoms with E-state index < -0.39 is 11.9 Å². The Kier molecular flexibility index (Phi) is 4.63. The molecule has 2 aromatic rings. The molecule has 0 aliphatic carbocycles. The molecule has 0 spiro atoms. The number of amides is 3. The zero-order valence-electron chi connectivity index (χ0n) is 12.3. The summed E-state index contributed by atoms with van der Waals surface area (Å²) >= 11 is 0. The van der Waals surface area contributed by atoms with Crippen LogP contribution in [-0.4, -0.2) is 19.0 Å². The third kappa shape index (κ3) is 3.54. The van der Waals surface area contributed by atoms with Crippen LogP contribution in [0.15, 0.2) is 42.5 Å². The van der Waals surface area contributed by atoms with E-state index in [1.807, 2.05) is 13.0 Å². The second kappa shape index (κ2) is 6.62. The Balaban J connectivity index is 2.18. The minimum Gasteiger partial charge on any atom is -0.495 e. The first kappa shape index (κ1) is 15.4. The molecule has 0 aromatic heterocycles. The van der Waals surface area contributed by atoms with Gasteiger partial charge in [-0.15, -0.1) is 0 Å². The third-order valence-corrected chi connectivity index (χ3v) is 3.04. The van der Waals surface area contributed by atoms with Crippen LogP contribution in [0, 0.1) is 6.92 Å². The Bertz CT molecular complexity index is 714. The lowest BCUT2D eigenvalue weighted by molar-refractivity contribution is 0.100. The van der Waals surface area contributed by atoms with Gasteiger partial charge >= 0.3 is 6.03 Å². The molecule has 0 heterocycles. The molecule has 0 bridgehead atoms. The summed E-state index contributed by atoms with van der Waals surface area (Å²) in [6, 6.07) is 11.5. The van der Waals surface area contributed by atoms with Gasteiger partial charge in [0, 0.05) is 0 Å². The molecular weight excluding hydrogens is 282 g/mol. The molecule has 0 aliphatic rings. The van der Waals surface area contributed by atoms with E-state index in [0.717, 1.165) is 5.56 Å². The summed E-state index contributed by atoms with van der Waals surface area (Å²) < 4.78 is 5.20. The predicted molar refractivity (Wildman–Crippen MR) is 85.3 cm³/mol. The zero-order chi connectivity index (χ0) is 16.1. The molecule has 0 saturated carbocycles. The normalized spacial score (nSPS) is 9.91. The molecule has 6 heteroatoms. The molecule has 0 saturated heterocycles. The van der Waals surface area contributed by atoms with E-state index in [0.29, 0.717) is 17.1 Å². The minimum absolute atomic E-state index is 0.244. The SMILES string of the molecule is COc1ccc(C)cc1NC(=O)Nc1ccccc1C(N)=O. The van der Waals surface area contributed by atoms with Gasteiger partial charge in [0.2, 0.25) is 0 Å². The van der Waals surface area contributed by atoms with E-state index in [1.165, 1.54) is 7.11 Å². The number of urea groups is 1. The molecule has 6 nitrogen and oxygen atoms in total. The van der Waals surface area contributed by atoms with Gasteiger partial charge < -0.3 is 21.1 Å². The van der Waals surface area contributed by atoms with Gasteiger partial charge in [0.05, 0.1) is 24.0 Å². The standard InChI is InChI=1S/C16H17N3O3/c1-10-7-8-14(22-2)13(9-10)19-16(21)18-12-6-4-3-5-11(12)15(17)20/h3-9H,1-2H3,(H2,17,20)(H2,18,19,21). The van der Waals surface area contributed by atoms with Crippen LogP contribution in [0.2, 0.25) is 0 Å². The lowest BCUT2D eigenvalue weighted by Crippen LogP contribution is -2.22. The topological polar surface area (TPSA) is 93.4 Å². The highest BCUT2D eigenvalue weighted by molar-refractivity contribution is 6.06. The largest absolute Gasteiger partial charge is 0.495 e. The van der Waals surface area contributed by atoms with Crippen molar-refractivity contribution in [2.24, 2.45) is 5.73 Å². The molecule has 2 aromatic carbocycles. The molecular formula is C16H17N3O3. The predicted octanol–water partition coefficient (Wildman–Crippen LogP) is 2.75. The van der Waals surface area contributed by atoms with Crippen LogP contribution in [0.1, 0.15) is 15.9 Å². The molecule has 22 heavy (non-hydrogen) atoms. The number of hydrogen-bond donors (Lipinski definition) is 3. The number of carbonyl (C=O) groups excluding carboxylic acids is 2. The van der Waals surface area contributed by atoms with Gasteiger partial charge in [0.25, 0.3) is 5.91 Å². The Morgan fingerprint density at radius 3 is 2.41 bits per heavy atom. The quantitative estimate of drug-likeness (QED) is 0.810. The van der Waals surface area contributed by atoms with E-state index in [2.05, 4.69) is 10.6 Å². The number of benzene rings is 2. The molecule has 0 aliphatic heterocycles. The van der Waals surface area contributed by atoms with Crippen molar-refractivity contribution in [1.82, 2.24) is 0 Å². The van der Waals surface area contributed by atoms with Gasteiger partial charge in [0.15, 0.2) is 0 Å². The van der Waals surface area contributed by atoms with Crippen LogP contribution in [0.4, 0.5) is 16.2 Å². The number of anilines is 2. The summed E-state index contributed by atoms with van der Waals surface area (Å²) in [6.07, 6.45) is 0. The van der Waals surface area contributed by atoms with E-state index in [-0.39, 0.29) is 5.56 Å². The maximum Gasteiger partial charge on any atom is 0.323 e. The summed E-state index contributed by atoms with van der Waals surface area (Å²) in [7, 11) is 1.52. The fourth-order valence-electron chi connectivity index (χ4n) is 2.00. The van der Waals surface area contributed by atoms with E-state index >= 15 is 0 Å².